The first kappa shape index (κ1) is 48.2. The van der Waals surface area contributed by atoms with E-state index < -0.39 is 27.0 Å². The van der Waals surface area contributed by atoms with E-state index in [9.17, 15) is 22.0 Å². The molecule has 12 nitrogen and oxygen atoms in total. The average Bonchev–Trinajstić information content (AvgIpc) is 3.34. The van der Waals surface area contributed by atoms with Gasteiger partial charge in [0.05, 0.1) is 4.90 Å². The van der Waals surface area contributed by atoms with Crippen molar-refractivity contribution in [1.29, 1.82) is 0 Å². The first-order valence-corrected chi connectivity index (χ1v) is 26.7. The predicted molar refractivity (Wildman–Crippen MR) is 267 cm³/mol. The Morgan fingerprint density at radius 3 is 2.17 bits per heavy atom. The molecule has 0 aromatic heterocycles. The zero-order valence-corrected chi connectivity index (χ0v) is 40.6. The normalized spacial score (nSPS) is 18.2. The van der Waals surface area contributed by atoms with Crippen LogP contribution in [0.2, 0.25) is 5.02 Å². The molecule has 0 bridgehead atoms. The Morgan fingerprint density at radius 2 is 1.47 bits per heavy atom. The van der Waals surface area contributed by atoms with Crippen molar-refractivity contribution >= 4 is 61.7 Å². The highest BCUT2D eigenvalue weighted by atomic mass is 35.5. The van der Waals surface area contributed by atoms with Crippen molar-refractivity contribution in [2.45, 2.75) is 52.6 Å². The Bertz CT molecular complexity index is 2510. The van der Waals surface area contributed by atoms with Gasteiger partial charge >= 0.3 is 0 Å². The van der Waals surface area contributed by atoms with Gasteiger partial charge in [-0.15, -0.1) is 11.8 Å². The second-order valence-corrected chi connectivity index (χ2v) is 21.6. The molecule has 3 aliphatic rings. The van der Waals surface area contributed by atoms with Crippen molar-refractivity contribution < 1.29 is 22.0 Å². The van der Waals surface area contributed by atoms with Gasteiger partial charge in [0.25, 0.3) is 15.9 Å². The lowest BCUT2D eigenvalue weighted by Gasteiger charge is -2.42. The third-order valence-electron chi connectivity index (χ3n) is 13.1. The summed E-state index contributed by atoms with van der Waals surface area (Å²) in [6, 6.07) is 37.8. The number of carbonyl (C=O) groups is 1. The largest absolute Gasteiger partial charge is 0.768 e. The summed E-state index contributed by atoms with van der Waals surface area (Å²) in [6.07, 6.45) is 3.20. The fourth-order valence-electron chi connectivity index (χ4n) is 9.15. The zero-order chi connectivity index (χ0) is 46.0. The highest BCUT2D eigenvalue weighted by Crippen LogP contribution is 2.29. The smallest absolute Gasteiger partial charge is 0.264 e. The number of hydrogen-bond acceptors (Lipinski definition) is 12. The molecule has 1 unspecified atom stereocenters. The van der Waals surface area contributed by atoms with Crippen LogP contribution in [0.4, 0.5) is 11.4 Å². The fraction of sp³-hybridized carbons (Fsp3) is 0.380. The lowest BCUT2D eigenvalue weighted by molar-refractivity contribution is 0.0640. The number of anilines is 2. The SMILES string of the molecule is CN1CCC(N2CCN(CC[C@H](CSc3ccccc3)Nc3ccc(S(=O)(=O)NC(=O)c4ccc(N5CCN(Cc6ccccc6-c6ccc(Cl)cc6)CC5)cc4)cc3S(=O)[O-])CC2)CC1. The second-order valence-electron chi connectivity index (χ2n) is 17.5. The molecule has 5 aromatic rings. The van der Waals surface area contributed by atoms with Crippen molar-refractivity contribution in [2.75, 3.05) is 95.0 Å². The van der Waals surface area contributed by atoms with Crippen LogP contribution in [-0.2, 0) is 27.6 Å². The summed E-state index contributed by atoms with van der Waals surface area (Å²) in [5, 5.41) is 4.17. The maximum Gasteiger partial charge on any atom is 0.264 e. The van der Waals surface area contributed by atoms with E-state index in [1.807, 2.05) is 54.6 Å². The number of piperidine rings is 1. The molecule has 5 aromatic carbocycles. The van der Waals surface area contributed by atoms with Crippen LogP contribution in [0.15, 0.2) is 136 Å². The molecule has 3 fully saturated rings. The van der Waals surface area contributed by atoms with Crippen molar-refractivity contribution in [2.24, 2.45) is 0 Å². The highest BCUT2D eigenvalue weighted by molar-refractivity contribution is 7.99. The van der Waals surface area contributed by atoms with Gasteiger partial charge in [-0.1, -0.05) is 66.2 Å². The monoisotopic (exact) mass is 968 g/mol. The molecule has 0 saturated carbocycles. The van der Waals surface area contributed by atoms with E-state index in [0.29, 0.717) is 22.5 Å². The number of halogens is 1. The minimum Gasteiger partial charge on any atom is -0.768 e. The molecule has 2 atom stereocenters. The molecule has 0 radical (unpaired) electrons. The Hall–Kier alpha value is -4.29. The number of thioether (sulfide) groups is 1. The number of benzene rings is 5. The topological polar surface area (TPSA) is 132 Å². The maximum absolute atomic E-state index is 13.6. The van der Waals surface area contributed by atoms with Gasteiger partial charge in [-0.05, 0) is 134 Å². The predicted octanol–water partition coefficient (Wildman–Crippen LogP) is 7.36. The average molecular weight is 970 g/mol. The third-order valence-corrected chi connectivity index (χ3v) is 16.5. The Balaban J connectivity index is 0.862. The number of likely N-dealkylation sites (tertiary alicyclic amines) is 1. The molecule has 1 amide bonds. The summed E-state index contributed by atoms with van der Waals surface area (Å²) in [5.74, 6) is -0.126. The van der Waals surface area contributed by atoms with Gasteiger partial charge in [0.1, 0.15) is 0 Å². The first-order chi connectivity index (χ1) is 32.0. The summed E-state index contributed by atoms with van der Waals surface area (Å²) in [7, 11) is -2.23. The molecule has 0 spiro atoms. The summed E-state index contributed by atoms with van der Waals surface area (Å²) >= 11 is 5.07. The van der Waals surface area contributed by atoms with Gasteiger partial charge in [-0.3, -0.25) is 18.8 Å². The lowest BCUT2D eigenvalue weighted by Crippen LogP contribution is -2.53. The molecule has 8 rings (SSSR count). The maximum atomic E-state index is 13.6. The van der Waals surface area contributed by atoms with Crippen molar-refractivity contribution in [3.63, 3.8) is 0 Å². The third kappa shape index (κ3) is 12.8. The molecule has 3 heterocycles. The van der Waals surface area contributed by atoms with Crippen LogP contribution in [0.3, 0.4) is 0 Å². The number of piperazine rings is 2. The van der Waals surface area contributed by atoms with Gasteiger partial charge in [0.2, 0.25) is 0 Å². The summed E-state index contributed by atoms with van der Waals surface area (Å²) < 4.78 is 54.7. The molecule has 2 N–H and O–H groups in total. The molecule has 3 saturated heterocycles. The Morgan fingerprint density at radius 1 is 0.803 bits per heavy atom. The van der Waals surface area contributed by atoms with E-state index in [-0.39, 0.29) is 21.4 Å². The van der Waals surface area contributed by atoms with Gasteiger partial charge in [0, 0.05) is 115 Å². The van der Waals surface area contributed by atoms with Crippen LogP contribution in [0.1, 0.15) is 35.2 Å². The van der Waals surface area contributed by atoms with E-state index in [4.69, 9.17) is 11.6 Å². The van der Waals surface area contributed by atoms with Crippen LogP contribution in [0.25, 0.3) is 11.1 Å². The van der Waals surface area contributed by atoms with Crippen molar-refractivity contribution in [3.05, 3.63) is 137 Å². The number of amides is 1. The number of rotatable bonds is 17. The number of nitrogens with one attached hydrogen (secondary N) is 2. The number of carbonyl (C=O) groups excluding carboxylic acids is 1. The molecule has 16 heteroatoms. The van der Waals surface area contributed by atoms with Gasteiger partial charge in [-0.2, -0.15) is 0 Å². The lowest BCUT2D eigenvalue weighted by atomic mass is 9.99. The summed E-state index contributed by atoms with van der Waals surface area (Å²) in [6.45, 7) is 11.3. The molecule has 3 aliphatic heterocycles. The molecular weight excluding hydrogens is 910 g/mol. The molecule has 0 aliphatic carbocycles. The number of hydrogen-bond donors (Lipinski definition) is 2. The number of sulfonamides is 1. The van der Waals surface area contributed by atoms with Crippen molar-refractivity contribution in [3.8, 4) is 11.1 Å². The van der Waals surface area contributed by atoms with Crippen LogP contribution < -0.4 is 14.9 Å². The van der Waals surface area contributed by atoms with Crippen LogP contribution in [-0.4, -0.2) is 140 Å². The van der Waals surface area contributed by atoms with E-state index in [1.165, 1.54) is 36.1 Å². The first-order valence-electron chi connectivity index (χ1n) is 22.8. The van der Waals surface area contributed by atoms with Gasteiger partial charge in [-0.25, -0.2) is 13.1 Å². The minimum atomic E-state index is -4.42. The molecule has 350 valence electrons. The summed E-state index contributed by atoms with van der Waals surface area (Å²) in [5.41, 5.74) is 5.00. The number of nitrogens with zero attached hydrogens (tertiary/aromatic N) is 5. The minimum absolute atomic E-state index is 0.110. The highest BCUT2D eigenvalue weighted by Gasteiger charge is 2.28. The summed E-state index contributed by atoms with van der Waals surface area (Å²) in [4.78, 5) is 26.2. The fourth-order valence-corrected chi connectivity index (χ4v) is 11.9. The van der Waals surface area contributed by atoms with E-state index in [1.54, 1.807) is 23.9 Å². The van der Waals surface area contributed by atoms with Gasteiger partial charge < -0.3 is 24.6 Å². The Labute approximate surface area is 402 Å². The second kappa shape index (κ2) is 22.7. The molecular formula is C50H59ClN7O5S3-. The van der Waals surface area contributed by atoms with Crippen LogP contribution in [0, 0.1) is 0 Å². The molecule has 66 heavy (non-hydrogen) atoms. The van der Waals surface area contributed by atoms with Crippen molar-refractivity contribution in [1.82, 2.24) is 24.3 Å². The zero-order valence-electron chi connectivity index (χ0n) is 37.4. The Kier molecular flexibility index (Phi) is 16.5. The van der Waals surface area contributed by atoms with Crippen LogP contribution in [0.5, 0.6) is 0 Å². The van der Waals surface area contributed by atoms with E-state index in [2.05, 4.69) is 78.0 Å². The quantitative estimate of drug-likeness (QED) is 0.0714. The van der Waals surface area contributed by atoms with E-state index >= 15 is 0 Å². The standard InChI is InChI=1S/C50H60ClN7O5S3/c1-54-24-22-44(23-25-54)58-31-27-55(28-32-58)26-21-42(37-64-45-8-3-2-4-9-45)52-48-20-19-46(35-49(48)65(60)61)66(62,63)53-50(59)39-13-17-43(18-14-39)57-33-29-56(30-34-57)36-40-7-5-6-10-47(40)38-11-15-41(51)16-12-38/h2-20,35,42,44,52H,21-34,36-37H2,1H3,(H,53,59)(H,60,61)/p-1/t42-/m1/s1. The van der Waals surface area contributed by atoms with Gasteiger partial charge in [0.15, 0.2) is 0 Å². The van der Waals surface area contributed by atoms with Crippen LogP contribution >= 0.6 is 23.4 Å². The van der Waals surface area contributed by atoms with E-state index in [0.717, 1.165) is 107 Å².